The number of alkyl halides is 3. The first-order valence-corrected chi connectivity index (χ1v) is 5.26. The molecular formula is C8H5ClF3IN2O. The van der Waals surface area contributed by atoms with Crippen LogP contribution in [0.15, 0.2) is 6.07 Å². The van der Waals surface area contributed by atoms with Crippen molar-refractivity contribution < 1.29 is 18.0 Å². The van der Waals surface area contributed by atoms with Crippen LogP contribution in [0, 0.1) is 3.57 Å². The topological polar surface area (TPSA) is 69.1 Å². The summed E-state index contributed by atoms with van der Waals surface area (Å²) in [7, 11) is 0. The lowest BCUT2D eigenvalue weighted by Gasteiger charge is -2.14. The van der Waals surface area contributed by atoms with Crippen LogP contribution in [0.25, 0.3) is 0 Å². The van der Waals surface area contributed by atoms with Gasteiger partial charge < -0.3 is 11.5 Å². The highest BCUT2D eigenvalue weighted by molar-refractivity contribution is 14.1. The van der Waals surface area contributed by atoms with Gasteiger partial charge in [0, 0.05) is 0 Å². The van der Waals surface area contributed by atoms with Gasteiger partial charge in [-0.3, -0.25) is 4.79 Å². The second-order valence-corrected chi connectivity index (χ2v) is 4.33. The molecule has 16 heavy (non-hydrogen) atoms. The summed E-state index contributed by atoms with van der Waals surface area (Å²) in [5, 5.41) is -0.532. The zero-order valence-corrected chi connectivity index (χ0v) is 10.4. The first-order valence-electron chi connectivity index (χ1n) is 3.80. The number of hydrogen-bond acceptors (Lipinski definition) is 2. The van der Waals surface area contributed by atoms with Crippen LogP contribution in [0.2, 0.25) is 5.02 Å². The van der Waals surface area contributed by atoms with Gasteiger partial charge >= 0.3 is 6.18 Å². The Hall–Kier alpha value is -0.700. The maximum Gasteiger partial charge on any atom is 0.417 e. The van der Waals surface area contributed by atoms with Gasteiger partial charge in [-0.25, -0.2) is 0 Å². The van der Waals surface area contributed by atoms with Crippen LogP contribution in [0.3, 0.4) is 0 Å². The molecule has 0 aromatic heterocycles. The third-order valence-corrected chi connectivity index (χ3v) is 3.65. The number of halogens is 5. The van der Waals surface area contributed by atoms with Gasteiger partial charge in [-0.1, -0.05) is 11.6 Å². The summed E-state index contributed by atoms with van der Waals surface area (Å²) in [5.74, 6) is -1.03. The number of rotatable bonds is 1. The molecule has 0 atom stereocenters. The molecule has 0 saturated heterocycles. The zero-order valence-electron chi connectivity index (χ0n) is 7.53. The Labute approximate surface area is 107 Å². The van der Waals surface area contributed by atoms with Gasteiger partial charge in [-0.15, -0.1) is 0 Å². The summed E-state index contributed by atoms with van der Waals surface area (Å²) < 4.78 is 37.5. The largest absolute Gasteiger partial charge is 0.417 e. The molecule has 8 heteroatoms. The number of nitrogen functional groups attached to an aromatic ring is 1. The number of anilines is 1. The van der Waals surface area contributed by atoms with Gasteiger partial charge in [0.1, 0.15) is 0 Å². The van der Waals surface area contributed by atoms with Gasteiger partial charge in [0.15, 0.2) is 0 Å². The Morgan fingerprint density at radius 2 is 1.94 bits per heavy atom. The maximum atomic E-state index is 12.5. The molecule has 1 amide bonds. The average Bonchev–Trinajstić information content (AvgIpc) is 2.11. The Balaban J connectivity index is 3.61. The van der Waals surface area contributed by atoms with Crippen molar-refractivity contribution in [3.63, 3.8) is 0 Å². The third kappa shape index (κ3) is 2.34. The molecule has 1 rings (SSSR count). The summed E-state index contributed by atoms with van der Waals surface area (Å²) in [6, 6.07) is 0.558. The number of primary amides is 1. The average molecular weight is 364 g/mol. The molecule has 0 heterocycles. The van der Waals surface area contributed by atoms with E-state index in [-0.39, 0.29) is 14.8 Å². The molecule has 3 nitrogen and oxygen atoms in total. The second-order valence-electron chi connectivity index (χ2n) is 2.88. The molecule has 0 fully saturated rings. The Kier molecular flexibility index (Phi) is 3.58. The number of carbonyl (C=O) groups excluding carboxylic acids is 1. The van der Waals surface area contributed by atoms with Crippen LogP contribution in [-0.4, -0.2) is 5.91 Å². The highest BCUT2D eigenvalue weighted by Gasteiger charge is 2.35. The van der Waals surface area contributed by atoms with Crippen LogP contribution in [-0.2, 0) is 6.18 Å². The van der Waals surface area contributed by atoms with Crippen LogP contribution >= 0.6 is 34.2 Å². The van der Waals surface area contributed by atoms with E-state index in [1.165, 1.54) is 22.6 Å². The molecule has 0 saturated carbocycles. The van der Waals surface area contributed by atoms with Gasteiger partial charge in [0.05, 0.1) is 25.4 Å². The van der Waals surface area contributed by atoms with E-state index in [0.717, 1.165) is 0 Å². The van der Waals surface area contributed by atoms with Crippen molar-refractivity contribution >= 4 is 45.8 Å². The third-order valence-electron chi connectivity index (χ3n) is 1.82. The summed E-state index contributed by atoms with van der Waals surface area (Å²) in [6.45, 7) is 0. The molecule has 88 valence electrons. The second kappa shape index (κ2) is 4.28. The molecule has 4 N–H and O–H groups in total. The van der Waals surface area contributed by atoms with Crippen molar-refractivity contribution in [2.45, 2.75) is 6.18 Å². The van der Waals surface area contributed by atoms with E-state index in [0.29, 0.717) is 6.07 Å². The normalized spacial score (nSPS) is 11.6. The van der Waals surface area contributed by atoms with Crippen LogP contribution < -0.4 is 11.5 Å². The molecule has 0 aliphatic carbocycles. The number of hydrogen-bond donors (Lipinski definition) is 2. The fourth-order valence-electron chi connectivity index (χ4n) is 1.05. The number of benzene rings is 1. The fourth-order valence-corrected chi connectivity index (χ4v) is 1.89. The Morgan fingerprint density at radius 1 is 1.44 bits per heavy atom. The molecule has 0 spiro atoms. The lowest BCUT2D eigenvalue weighted by Crippen LogP contribution is -2.17. The molecule has 0 aliphatic heterocycles. The minimum atomic E-state index is -4.66. The molecule has 0 bridgehead atoms. The first-order chi connectivity index (χ1) is 7.16. The lowest BCUT2D eigenvalue weighted by atomic mass is 10.1. The standard InChI is InChI=1S/C8H5ClF3IN2O/c9-4-3(8(10,11)12)1-2(7(15)16)6(14)5(4)13/h1H,14H2,(H2,15,16). The Bertz CT molecular complexity index is 462. The number of carbonyl (C=O) groups is 1. The first kappa shape index (κ1) is 13.4. The molecule has 0 aliphatic rings. The molecular weight excluding hydrogens is 359 g/mol. The van der Waals surface area contributed by atoms with E-state index in [1.54, 1.807) is 0 Å². The predicted molar refractivity (Wildman–Crippen MR) is 62.1 cm³/mol. The molecule has 1 aromatic rings. The summed E-state index contributed by atoms with van der Waals surface area (Å²) in [5.41, 5.74) is 8.69. The van der Waals surface area contributed by atoms with Gasteiger partial charge in [-0.05, 0) is 28.7 Å². The minimum absolute atomic E-state index is 0.0390. The minimum Gasteiger partial charge on any atom is -0.397 e. The van der Waals surface area contributed by atoms with Crippen LogP contribution in [0.4, 0.5) is 18.9 Å². The van der Waals surface area contributed by atoms with Crippen molar-refractivity contribution in [2.75, 3.05) is 5.73 Å². The molecule has 0 unspecified atom stereocenters. The van der Waals surface area contributed by atoms with E-state index in [9.17, 15) is 18.0 Å². The number of amides is 1. The Morgan fingerprint density at radius 3 is 2.31 bits per heavy atom. The van der Waals surface area contributed by atoms with E-state index in [2.05, 4.69) is 0 Å². The van der Waals surface area contributed by atoms with Crippen molar-refractivity contribution in [1.82, 2.24) is 0 Å². The van der Waals surface area contributed by atoms with E-state index in [1.807, 2.05) is 0 Å². The zero-order chi connectivity index (χ0) is 12.7. The maximum absolute atomic E-state index is 12.5. The highest BCUT2D eigenvalue weighted by atomic mass is 127. The highest BCUT2D eigenvalue weighted by Crippen LogP contribution is 2.40. The van der Waals surface area contributed by atoms with Crippen molar-refractivity contribution in [1.29, 1.82) is 0 Å². The van der Waals surface area contributed by atoms with Gasteiger partial charge in [-0.2, -0.15) is 13.2 Å². The summed E-state index contributed by atoms with van der Waals surface area (Å²) in [4.78, 5) is 10.9. The van der Waals surface area contributed by atoms with Crippen LogP contribution in [0.5, 0.6) is 0 Å². The number of nitrogens with two attached hydrogens (primary N) is 2. The van der Waals surface area contributed by atoms with Crippen molar-refractivity contribution in [3.05, 3.63) is 25.8 Å². The molecule has 0 radical (unpaired) electrons. The van der Waals surface area contributed by atoms with Crippen LogP contribution in [0.1, 0.15) is 15.9 Å². The van der Waals surface area contributed by atoms with E-state index in [4.69, 9.17) is 23.1 Å². The quantitative estimate of drug-likeness (QED) is 0.594. The smallest absolute Gasteiger partial charge is 0.397 e. The molecule has 1 aromatic carbocycles. The SMILES string of the molecule is NC(=O)c1cc(C(F)(F)F)c(Cl)c(I)c1N. The fraction of sp³-hybridized carbons (Fsp3) is 0.125. The van der Waals surface area contributed by atoms with Crippen molar-refractivity contribution in [3.8, 4) is 0 Å². The van der Waals surface area contributed by atoms with Gasteiger partial charge in [0.25, 0.3) is 5.91 Å². The summed E-state index contributed by atoms with van der Waals surface area (Å²) >= 11 is 7.03. The van der Waals surface area contributed by atoms with E-state index < -0.39 is 22.7 Å². The lowest BCUT2D eigenvalue weighted by molar-refractivity contribution is -0.137. The van der Waals surface area contributed by atoms with Crippen molar-refractivity contribution in [2.24, 2.45) is 5.73 Å². The van der Waals surface area contributed by atoms with E-state index >= 15 is 0 Å². The monoisotopic (exact) mass is 364 g/mol. The summed E-state index contributed by atoms with van der Waals surface area (Å²) in [6.07, 6.45) is -4.66. The van der Waals surface area contributed by atoms with Gasteiger partial charge in [0.2, 0.25) is 0 Å². The predicted octanol–water partition coefficient (Wildman–Crippen LogP) is 2.64.